The van der Waals surface area contributed by atoms with E-state index in [0.29, 0.717) is 5.92 Å². The molecule has 0 aliphatic heterocycles. The number of rotatable bonds is 5. The first-order valence-corrected chi connectivity index (χ1v) is 6.39. The molecule has 1 rings (SSSR count). The summed E-state index contributed by atoms with van der Waals surface area (Å²) in [6, 6.07) is 2.67. The molecule has 0 N–H and O–H groups in total. The van der Waals surface area contributed by atoms with E-state index in [-0.39, 0.29) is 6.04 Å². The average molecular weight is 208 g/mol. The molecule has 0 spiro atoms. The summed E-state index contributed by atoms with van der Waals surface area (Å²) in [5.41, 5.74) is 0. The number of nitriles is 1. The van der Waals surface area contributed by atoms with Gasteiger partial charge in [-0.15, -0.1) is 0 Å². The molecule has 0 heterocycles. The molecule has 1 saturated carbocycles. The first kappa shape index (κ1) is 12.5. The molecule has 1 aliphatic rings. The minimum absolute atomic E-state index is 0.164. The van der Waals surface area contributed by atoms with Crippen molar-refractivity contribution in [3.63, 3.8) is 0 Å². The fourth-order valence-electron chi connectivity index (χ4n) is 2.56. The standard InChI is InChI=1S/C13H24N2/c1-3-4-10-15(2)13(11-14)12-8-6-5-7-9-12/h12-13H,3-10H2,1-2H3. The Morgan fingerprint density at radius 1 is 1.33 bits per heavy atom. The molecule has 1 atom stereocenters. The molecule has 0 radical (unpaired) electrons. The van der Waals surface area contributed by atoms with Crippen LogP contribution in [0, 0.1) is 17.2 Å². The van der Waals surface area contributed by atoms with Crippen molar-refractivity contribution >= 4 is 0 Å². The van der Waals surface area contributed by atoms with Crippen molar-refractivity contribution < 1.29 is 0 Å². The van der Waals surface area contributed by atoms with Crippen molar-refractivity contribution in [2.75, 3.05) is 13.6 Å². The number of hydrogen-bond acceptors (Lipinski definition) is 2. The summed E-state index contributed by atoms with van der Waals surface area (Å²) in [7, 11) is 2.11. The highest BCUT2D eigenvalue weighted by Gasteiger charge is 2.26. The van der Waals surface area contributed by atoms with Crippen LogP contribution < -0.4 is 0 Å². The van der Waals surface area contributed by atoms with E-state index in [2.05, 4.69) is 24.9 Å². The lowest BCUT2D eigenvalue weighted by atomic mass is 9.84. The second-order valence-electron chi connectivity index (χ2n) is 4.81. The molecule has 15 heavy (non-hydrogen) atoms. The van der Waals surface area contributed by atoms with E-state index in [4.69, 9.17) is 0 Å². The molecule has 2 heteroatoms. The largest absolute Gasteiger partial charge is 0.291 e. The first-order chi connectivity index (χ1) is 7.29. The predicted molar refractivity (Wildman–Crippen MR) is 63.5 cm³/mol. The maximum Gasteiger partial charge on any atom is 0.100 e. The van der Waals surface area contributed by atoms with Crippen molar-refractivity contribution in [3.05, 3.63) is 0 Å². The normalized spacial score (nSPS) is 20.1. The summed E-state index contributed by atoms with van der Waals surface area (Å²) in [5, 5.41) is 9.26. The van der Waals surface area contributed by atoms with Gasteiger partial charge in [-0.05, 0) is 38.8 Å². The molecular weight excluding hydrogens is 184 g/mol. The summed E-state index contributed by atoms with van der Waals surface area (Å²) in [4.78, 5) is 2.26. The second-order valence-corrected chi connectivity index (χ2v) is 4.81. The van der Waals surface area contributed by atoms with E-state index in [1.165, 1.54) is 44.9 Å². The molecule has 1 aliphatic carbocycles. The Morgan fingerprint density at radius 2 is 2.00 bits per heavy atom. The Balaban J connectivity index is 2.42. The predicted octanol–water partition coefficient (Wildman–Crippen LogP) is 3.19. The Labute approximate surface area is 94.3 Å². The quantitative estimate of drug-likeness (QED) is 0.694. The highest BCUT2D eigenvalue weighted by atomic mass is 15.1. The van der Waals surface area contributed by atoms with Crippen LogP contribution in [-0.4, -0.2) is 24.5 Å². The van der Waals surface area contributed by atoms with E-state index in [0.717, 1.165) is 6.54 Å². The highest BCUT2D eigenvalue weighted by Crippen LogP contribution is 2.28. The molecule has 86 valence electrons. The monoisotopic (exact) mass is 208 g/mol. The Kier molecular flexibility index (Phi) is 5.71. The van der Waals surface area contributed by atoms with Crippen LogP contribution in [0.1, 0.15) is 51.9 Å². The van der Waals surface area contributed by atoms with Gasteiger partial charge in [0.15, 0.2) is 0 Å². The van der Waals surface area contributed by atoms with Crippen LogP contribution in [0.5, 0.6) is 0 Å². The third-order valence-electron chi connectivity index (χ3n) is 3.57. The van der Waals surface area contributed by atoms with Crippen LogP contribution in [0.3, 0.4) is 0 Å². The smallest absolute Gasteiger partial charge is 0.100 e. The van der Waals surface area contributed by atoms with E-state index in [9.17, 15) is 5.26 Å². The lowest BCUT2D eigenvalue weighted by molar-refractivity contribution is 0.182. The Morgan fingerprint density at radius 3 is 2.53 bits per heavy atom. The number of nitrogens with zero attached hydrogens (tertiary/aromatic N) is 2. The van der Waals surface area contributed by atoms with E-state index >= 15 is 0 Å². The fourth-order valence-corrected chi connectivity index (χ4v) is 2.56. The fraction of sp³-hybridized carbons (Fsp3) is 0.923. The van der Waals surface area contributed by atoms with Gasteiger partial charge in [0.05, 0.1) is 6.07 Å². The van der Waals surface area contributed by atoms with Gasteiger partial charge in [-0.1, -0.05) is 32.6 Å². The Hall–Kier alpha value is -0.550. The lowest BCUT2D eigenvalue weighted by Crippen LogP contribution is -2.38. The molecule has 1 unspecified atom stereocenters. The first-order valence-electron chi connectivity index (χ1n) is 6.39. The molecule has 0 aromatic carbocycles. The molecule has 2 nitrogen and oxygen atoms in total. The van der Waals surface area contributed by atoms with Crippen molar-refractivity contribution in [3.8, 4) is 6.07 Å². The second kappa shape index (κ2) is 6.85. The van der Waals surface area contributed by atoms with Crippen molar-refractivity contribution in [1.29, 1.82) is 5.26 Å². The van der Waals surface area contributed by atoms with E-state index in [1.807, 2.05) is 0 Å². The van der Waals surface area contributed by atoms with Gasteiger partial charge >= 0.3 is 0 Å². The van der Waals surface area contributed by atoms with Gasteiger partial charge in [0.25, 0.3) is 0 Å². The summed E-state index contributed by atoms with van der Waals surface area (Å²) in [6.07, 6.45) is 8.96. The van der Waals surface area contributed by atoms with Crippen molar-refractivity contribution in [2.45, 2.75) is 57.9 Å². The maximum absolute atomic E-state index is 9.26. The minimum atomic E-state index is 0.164. The zero-order valence-electron chi connectivity index (χ0n) is 10.2. The molecule has 0 amide bonds. The number of unbranched alkanes of at least 4 members (excludes halogenated alkanes) is 1. The maximum atomic E-state index is 9.26. The summed E-state index contributed by atoms with van der Waals surface area (Å²) >= 11 is 0. The third-order valence-corrected chi connectivity index (χ3v) is 3.57. The van der Waals surface area contributed by atoms with Crippen LogP contribution in [0.25, 0.3) is 0 Å². The van der Waals surface area contributed by atoms with Gasteiger partial charge in [0.2, 0.25) is 0 Å². The molecule has 0 aromatic rings. The Bertz CT molecular complexity index is 201. The van der Waals surface area contributed by atoms with Gasteiger partial charge < -0.3 is 0 Å². The van der Waals surface area contributed by atoms with Gasteiger partial charge in [-0.25, -0.2) is 0 Å². The van der Waals surface area contributed by atoms with Crippen LogP contribution in [0.4, 0.5) is 0 Å². The molecule has 1 fully saturated rings. The molecule has 0 saturated heterocycles. The summed E-state index contributed by atoms with van der Waals surface area (Å²) in [6.45, 7) is 3.28. The lowest BCUT2D eigenvalue weighted by Gasteiger charge is -2.32. The molecule has 0 bridgehead atoms. The summed E-state index contributed by atoms with van der Waals surface area (Å²) < 4.78 is 0. The van der Waals surface area contributed by atoms with Crippen LogP contribution in [0.2, 0.25) is 0 Å². The SMILES string of the molecule is CCCCN(C)C(C#N)C1CCCCC1. The van der Waals surface area contributed by atoms with E-state index in [1.54, 1.807) is 0 Å². The zero-order valence-corrected chi connectivity index (χ0v) is 10.2. The van der Waals surface area contributed by atoms with Crippen molar-refractivity contribution in [1.82, 2.24) is 4.90 Å². The zero-order chi connectivity index (χ0) is 11.1. The minimum Gasteiger partial charge on any atom is -0.291 e. The van der Waals surface area contributed by atoms with Gasteiger partial charge in [0, 0.05) is 0 Å². The van der Waals surface area contributed by atoms with Gasteiger partial charge in [-0.2, -0.15) is 5.26 Å². The third kappa shape index (κ3) is 3.83. The summed E-state index contributed by atoms with van der Waals surface area (Å²) in [5.74, 6) is 0.630. The van der Waals surface area contributed by atoms with Crippen LogP contribution in [-0.2, 0) is 0 Å². The van der Waals surface area contributed by atoms with Gasteiger partial charge in [-0.3, -0.25) is 4.90 Å². The topological polar surface area (TPSA) is 27.0 Å². The van der Waals surface area contributed by atoms with Crippen LogP contribution >= 0.6 is 0 Å². The highest BCUT2D eigenvalue weighted by molar-refractivity contribution is 4.96. The molecule has 0 aromatic heterocycles. The van der Waals surface area contributed by atoms with Crippen LogP contribution in [0.15, 0.2) is 0 Å². The van der Waals surface area contributed by atoms with Crippen molar-refractivity contribution in [2.24, 2.45) is 5.92 Å². The molecular formula is C13H24N2. The number of hydrogen-bond donors (Lipinski definition) is 0. The van der Waals surface area contributed by atoms with E-state index < -0.39 is 0 Å². The van der Waals surface area contributed by atoms with Gasteiger partial charge in [0.1, 0.15) is 6.04 Å². The average Bonchev–Trinajstić information content (AvgIpc) is 2.29.